The molecule has 0 unspecified atom stereocenters. The molecule has 0 radical (unpaired) electrons. The maximum atomic E-state index is 12.4. The Morgan fingerprint density at radius 1 is 1.21 bits per heavy atom. The van der Waals surface area contributed by atoms with E-state index in [1.54, 1.807) is 25.4 Å². The summed E-state index contributed by atoms with van der Waals surface area (Å²) in [6.45, 7) is 1.97. The van der Waals surface area contributed by atoms with E-state index in [0.717, 1.165) is 16.2 Å². The fraction of sp³-hybridized carbons (Fsp3) is 0.278. The maximum Gasteiger partial charge on any atom is 0.288 e. The van der Waals surface area contributed by atoms with Gasteiger partial charge in [-0.3, -0.25) is 24.6 Å². The molecule has 154 valence electrons. The van der Waals surface area contributed by atoms with Crippen molar-refractivity contribution >= 4 is 45.6 Å². The summed E-state index contributed by atoms with van der Waals surface area (Å²) in [6, 6.07) is 3.70. The molecule has 1 atom stereocenters. The van der Waals surface area contributed by atoms with Crippen molar-refractivity contribution in [2.75, 3.05) is 24.7 Å². The minimum atomic E-state index is -0.570. The fourth-order valence-corrected chi connectivity index (χ4v) is 4.46. The molecule has 0 fully saturated rings. The molecule has 0 aliphatic rings. The van der Waals surface area contributed by atoms with E-state index in [1.165, 1.54) is 10.3 Å². The summed E-state index contributed by atoms with van der Waals surface area (Å²) in [6.07, 6.45) is 0.692. The highest BCUT2D eigenvalue weighted by atomic mass is 32.1. The number of aromatic amines is 2. The lowest BCUT2D eigenvalue weighted by Gasteiger charge is -2.18. The number of carbonyl (C=O) groups is 1. The first-order valence-electron chi connectivity index (χ1n) is 8.77. The van der Waals surface area contributed by atoms with Crippen LogP contribution in [0.1, 0.15) is 33.9 Å². The summed E-state index contributed by atoms with van der Waals surface area (Å²) in [5, 5.41) is 24.4. The van der Waals surface area contributed by atoms with Crippen molar-refractivity contribution in [3.63, 3.8) is 0 Å². The van der Waals surface area contributed by atoms with Gasteiger partial charge >= 0.3 is 0 Å². The molecule has 0 aliphatic heterocycles. The van der Waals surface area contributed by atoms with Crippen LogP contribution < -0.4 is 21.8 Å². The molecule has 5 N–H and O–H groups in total. The van der Waals surface area contributed by atoms with Crippen molar-refractivity contribution in [1.29, 1.82) is 0 Å². The van der Waals surface area contributed by atoms with Crippen molar-refractivity contribution in [3.05, 3.63) is 53.4 Å². The van der Waals surface area contributed by atoms with Crippen LogP contribution in [0, 0.1) is 0 Å². The van der Waals surface area contributed by atoms with Crippen molar-refractivity contribution < 1.29 is 9.90 Å². The monoisotopic (exact) mass is 435 g/mol. The minimum Gasteiger partial charge on any atom is -0.504 e. The summed E-state index contributed by atoms with van der Waals surface area (Å²) in [5.41, 5.74) is -0.898. The molecule has 0 aromatic carbocycles. The van der Waals surface area contributed by atoms with Crippen LogP contribution in [0.5, 0.6) is 5.75 Å². The van der Waals surface area contributed by atoms with E-state index in [1.807, 2.05) is 24.4 Å². The number of nitrogens with one attached hydrogen (secondary N) is 4. The third-order valence-corrected chi connectivity index (χ3v) is 6.18. The zero-order valence-corrected chi connectivity index (χ0v) is 17.7. The fourth-order valence-electron chi connectivity index (χ4n) is 2.69. The molecule has 0 saturated heterocycles. The van der Waals surface area contributed by atoms with Crippen molar-refractivity contribution in [3.8, 4) is 5.75 Å². The molecule has 1 amide bonds. The maximum absolute atomic E-state index is 12.4. The molecule has 3 aromatic rings. The van der Waals surface area contributed by atoms with Crippen molar-refractivity contribution in [1.82, 2.24) is 15.1 Å². The number of amides is 1. The molecular weight excluding hydrogens is 414 g/mol. The van der Waals surface area contributed by atoms with E-state index < -0.39 is 11.1 Å². The van der Waals surface area contributed by atoms with Gasteiger partial charge in [-0.15, -0.1) is 22.7 Å². The number of rotatable bonds is 7. The Hall–Kier alpha value is -3.05. The number of anilines is 3. The Balaban J connectivity index is 1.99. The molecule has 9 nitrogen and oxygen atoms in total. The Labute approximate surface area is 174 Å². The number of hydrogen-bond acceptors (Lipinski definition) is 8. The summed E-state index contributed by atoms with van der Waals surface area (Å²) in [7, 11) is 3.15. The third kappa shape index (κ3) is 4.20. The number of aromatic hydroxyl groups is 1. The Morgan fingerprint density at radius 3 is 2.48 bits per heavy atom. The topological polar surface area (TPSA) is 130 Å². The van der Waals surface area contributed by atoms with Crippen LogP contribution >= 0.6 is 22.7 Å². The number of carbonyl (C=O) groups excluding carboxylic acids is 1. The SMILES string of the molecule is CC[C@@H](Nc1c(Nc2csc(C(=O)N(C)C)c2O)c(=O)[nH][nH]c1=O)c1cccs1. The second-order valence-corrected chi connectivity index (χ2v) is 8.29. The summed E-state index contributed by atoms with van der Waals surface area (Å²) >= 11 is 2.59. The van der Waals surface area contributed by atoms with Crippen LogP contribution in [0.3, 0.4) is 0 Å². The molecule has 29 heavy (non-hydrogen) atoms. The van der Waals surface area contributed by atoms with Gasteiger partial charge in [-0.1, -0.05) is 13.0 Å². The highest BCUT2D eigenvalue weighted by molar-refractivity contribution is 7.13. The first-order valence-corrected chi connectivity index (χ1v) is 10.5. The first kappa shape index (κ1) is 20.7. The van der Waals surface area contributed by atoms with Gasteiger partial charge in [0.1, 0.15) is 16.3 Å². The Morgan fingerprint density at radius 2 is 1.90 bits per heavy atom. The average Bonchev–Trinajstić information content (AvgIpc) is 3.34. The highest BCUT2D eigenvalue weighted by Gasteiger charge is 2.22. The standard InChI is InChI=1S/C18H21N5O4S2/c1-4-9(11-6-5-7-28-11)19-12-13(17(26)22-21-16(12)25)20-10-8-29-15(14(10)24)18(27)23(2)3/h5-9,24H,4H2,1-3H3,(H2,19,22,26)(H2,20,21,25)/t9-/m1/s1. The van der Waals surface area contributed by atoms with Gasteiger partial charge in [0.2, 0.25) is 0 Å². The normalized spacial score (nSPS) is 11.8. The summed E-state index contributed by atoms with van der Waals surface area (Å²) < 4.78 is 0. The van der Waals surface area contributed by atoms with Crippen LogP contribution in [0.15, 0.2) is 32.5 Å². The Bertz CT molecular complexity index is 1110. The predicted octanol–water partition coefficient (Wildman–Crippen LogP) is 2.90. The molecule has 3 heterocycles. The average molecular weight is 436 g/mol. The molecule has 0 bridgehead atoms. The van der Waals surface area contributed by atoms with Gasteiger partial charge in [-0.05, 0) is 17.9 Å². The number of H-pyrrole nitrogens is 2. The van der Waals surface area contributed by atoms with E-state index in [-0.39, 0.29) is 39.6 Å². The van der Waals surface area contributed by atoms with Gasteiger partial charge < -0.3 is 20.6 Å². The molecule has 11 heteroatoms. The first-order chi connectivity index (χ1) is 13.8. The van der Waals surface area contributed by atoms with Gasteiger partial charge in [0.05, 0.1) is 11.7 Å². The predicted molar refractivity (Wildman–Crippen MR) is 116 cm³/mol. The largest absolute Gasteiger partial charge is 0.504 e. The van der Waals surface area contributed by atoms with Crippen molar-refractivity contribution in [2.45, 2.75) is 19.4 Å². The zero-order valence-electron chi connectivity index (χ0n) is 16.0. The smallest absolute Gasteiger partial charge is 0.288 e. The van der Waals surface area contributed by atoms with E-state index in [0.29, 0.717) is 6.42 Å². The van der Waals surface area contributed by atoms with Crippen LogP contribution in [0.2, 0.25) is 0 Å². The molecular formula is C18H21N5O4S2. The van der Waals surface area contributed by atoms with Crippen LogP contribution in [0.25, 0.3) is 0 Å². The second kappa shape index (κ2) is 8.53. The molecule has 3 aromatic heterocycles. The summed E-state index contributed by atoms with van der Waals surface area (Å²) in [4.78, 5) is 39.5. The van der Waals surface area contributed by atoms with Gasteiger partial charge in [0.15, 0.2) is 5.75 Å². The molecule has 3 rings (SSSR count). The van der Waals surface area contributed by atoms with Gasteiger partial charge in [-0.2, -0.15) is 0 Å². The zero-order chi connectivity index (χ0) is 21.1. The van der Waals surface area contributed by atoms with Gasteiger partial charge in [-0.25, -0.2) is 0 Å². The minimum absolute atomic E-state index is 0.0410. The molecule has 0 spiro atoms. The lowest BCUT2D eigenvalue weighted by atomic mass is 10.1. The van der Waals surface area contributed by atoms with Crippen LogP contribution in [-0.4, -0.2) is 40.2 Å². The molecule has 0 saturated carbocycles. The van der Waals surface area contributed by atoms with E-state index in [9.17, 15) is 19.5 Å². The number of thiophene rings is 2. The van der Waals surface area contributed by atoms with Crippen LogP contribution in [0.4, 0.5) is 17.1 Å². The van der Waals surface area contributed by atoms with E-state index >= 15 is 0 Å². The number of nitrogens with zero attached hydrogens (tertiary/aromatic N) is 1. The molecule has 0 aliphatic carbocycles. The lowest BCUT2D eigenvalue weighted by Crippen LogP contribution is -2.27. The lowest BCUT2D eigenvalue weighted by molar-refractivity contribution is 0.0829. The third-order valence-electron chi connectivity index (χ3n) is 4.23. The summed E-state index contributed by atoms with van der Waals surface area (Å²) in [5.74, 6) is -0.632. The van der Waals surface area contributed by atoms with E-state index in [2.05, 4.69) is 20.8 Å². The van der Waals surface area contributed by atoms with Crippen molar-refractivity contribution in [2.24, 2.45) is 0 Å². The second-order valence-electron chi connectivity index (χ2n) is 6.43. The number of aromatic nitrogens is 2. The van der Waals surface area contributed by atoms with Crippen LogP contribution in [-0.2, 0) is 0 Å². The van der Waals surface area contributed by atoms with Gasteiger partial charge in [0.25, 0.3) is 17.0 Å². The quantitative estimate of drug-likeness (QED) is 0.388. The highest BCUT2D eigenvalue weighted by Crippen LogP contribution is 2.37. The van der Waals surface area contributed by atoms with E-state index in [4.69, 9.17) is 0 Å². The Kier molecular flexibility index (Phi) is 6.09. The van der Waals surface area contributed by atoms with Gasteiger partial charge in [0, 0.05) is 24.4 Å². The number of hydrogen-bond donors (Lipinski definition) is 5.